The Balaban J connectivity index is 2.30. The zero-order valence-electron chi connectivity index (χ0n) is 19.9. The Hall–Kier alpha value is -2.35. The smallest absolute Gasteiger partial charge is 0.356 e. The van der Waals surface area contributed by atoms with Crippen LogP contribution >= 0.6 is 31.9 Å². The molecule has 0 aliphatic carbocycles. The zero-order valence-corrected chi connectivity index (χ0v) is 23.0. The number of carbonyl (C=O) groups excluding carboxylic acids is 2. The Morgan fingerprint density at radius 3 is 2.03 bits per heavy atom. The van der Waals surface area contributed by atoms with E-state index >= 15 is 0 Å². The number of allylic oxidation sites excluding steroid dienone is 1. The minimum absolute atomic E-state index is 0.176. The molecule has 2 aromatic rings. The van der Waals surface area contributed by atoms with Crippen LogP contribution in [0.1, 0.15) is 52.7 Å². The van der Waals surface area contributed by atoms with E-state index in [1.54, 1.807) is 0 Å². The summed E-state index contributed by atoms with van der Waals surface area (Å²) in [5.74, 6) is -5.44. The third-order valence-electron chi connectivity index (χ3n) is 5.37. The van der Waals surface area contributed by atoms with Crippen molar-refractivity contribution in [1.29, 1.82) is 0 Å². The summed E-state index contributed by atoms with van der Waals surface area (Å²) in [6, 6.07) is 6.28. The number of carbonyl (C=O) groups is 2. The summed E-state index contributed by atoms with van der Waals surface area (Å²) in [7, 11) is 0. The van der Waals surface area contributed by atoms with Crippen molar-refractivity contribution >= 4 is 49.6 Å². The summed E-state index contributed by atoms with van der Waals surface area (Å²) in [4.78, 5) is 24.5. The molecule has 0 heterocycles. The Bertz CT molecular complexity index is 1200. The van der Waals surface area contributed by atoms with Gasteiger partial charge in [-0.2, -0.15) is 39.5 Å². The number of rotatable bonds is 9. The van der Waals surface area contributed by atoms with Crippen LogP contribution < -0.4 is 5.32 Å². The third-order valence-corrected chi connectivity index (χ3v) is 6.29. The molecular weight excluding hydrogens is 677 g/mol. The number of halogens is 11. The lowest BCUT2D eigenvalue weighted by atomic mass is 9.93. The van der Waals surface area contributed by atoms with E-state index in [9.17, 15) is 49.1 Å². The van der Waals surface area contributed by atoms with E-state index in [4.69, 9.17) is 0 Å². The normalized spacial score (nSPS) is 14.4. The number of ketones is 1. The molecule has 2 atom stereocenters. The van der Waals surface area contributed by atoms with E-state index in [2.05, 4.69) is 31.9 Å². The number of amides is 1. The summed E-state index contributed by atoms with van der Waals surface area (Å²) >= 11 is 6.19. The maximum atomic E-state index is 13.8. The molecule has 0 aliphatic rings. The summed E-state index contributed by atoms with van der Waals surface area (Å²) in [6.45, 7) is 0.411. The highest BCUT2D eigenvalue weighted by Gasteiger charge is 2.39. The van der Waals surface area contributed by atoms with Gasteiger partial charge in [0.05, 0.1) is 17.9 Å². The van der Waals surface area contributed by atoms with Crippen molar-refractivity contribution in [2.24, 2.45) is 5.92 Å². The summed E-state index contributed by atoms with van der Waals surface area (Å²) in [6.07, 6.45) is -14.9. The standard InChI is InChI=1S/C25H20Br2F9NO2/c1-13(22(39)37-7-6-23(28,29)30)8-21(38)18-4-2-14(9-20(18)25(34,35)36)3-5-19(24(31,32)33)15-10-16(26)12-17(27)11-15/h2-5,9-13,19H,6-8H2,1H3,(H,37,39)/b5-3+/t13-,19?/m0/s1. The Labute approximate surface area is 234 Å². The lowest BCUT2D eigenvalue weighted by Crippen LogP contribution is -2.33. The van der Waals surface area contributed by atoms with Crippen LogP contribution in [0.3, 0.4) is 0 Å². The molecule has 3 nitrogen and oxygen atoms in total. The molecule has 1 amide bonds. The SMILES string of the molecule is C[C@@H](CC(=O)c1ccc(/C=C/C(c2cc(Br)cc(Br)c2)C(F)(F)F)cc1C(F)(F)F)C(=O)NCCC(F)(F)F. The van der Waals surface area contributed by atoms with Crippen LogP contribution in [0.15, 0.2) is 51.4 Å². The van der Waals surface area contributed by atoms with Crippen molar-refractivity contribution in [2.75, 3.05) is 6.54 Å². The number of hydrogen-bond acceptors (Lipinski definition) is 2. The van der Waals surface area contributed by atoms with Gasteiger partial charge in [-0.3, -0.25) is 9.59 Å². The van der Waals surface area contributed by atoms with E-state index in [0.717, 1.165) is 18.2 Å². The van der Waals surface area contributed by atoms with Crippen LogP contribution in [0.25, 0.3) is 6.08 Å². The second kappa shape index (κ2) is 12.9. The molecule has 0 fully saturated rings. The number of nitrogens with one attached hydrogen (secondary N) is 1. The second-order valence-corrected chi connectivity index (χ2v) is 10.4. The lowest BCUT2D eigenvalue weighted by molar-refractivity contribution is -0.140. The van der Waals surface area contributed by atoms with Crippen molar-refractivity contribution in [2.45, 2.75) is 44.2 Å². The molecule has 0 aromatic heterocycles. The predicted octanol–water partition coefficient (Wildman–Crippen LogP) is 8.87. The average Bonchev–Trinajstić information content (AvgIpc) is 2.76. The first-order chi connectivity index (χ1) is 17.8. The molecule has 0 bridgehead atoms. The van der Waals surface area contributed by atoms with Crippen LogP contribution in [0.5, 0.6) is 0 Å². The molecule has 0 aliphatic heterocycles. The van der Waals surface area contributed by atoms with Crippen molar-refractivity contribution in [3.8, 4) is 0 Å². The van der Waals surface area contributed by atoms with E-state index in [0.29, 0.717) is 21.1 Å². The molecule has 14 heteroatoms. The first-order valence-electron chi connectivity index (χ1n) is 11.1. The molecule has 39 heavy (non-hydrogen) atoms. The van der Waals surface area contributed by atoms with Gasteiger partial charge in [0.2, 0.25) is 5.91 Å². The minimum Gasteiger partial charge on any atom is -0.356 e. The van der Waals surface area contributed by atoms with Gasteiger partial charge in [-0.05, 0) is 35.4 Å². The number of benzene rings is 2. The van der Waals surface area contributed by atoms with E-state index in [-0.39, 0.29) is 11.1 Å². The minimum atomic E-state index is -5.06. The van der Waals surface area contributed by atoms with Crippen molar-refractivity contribution in [1.82, 2.24) is 5.32 Å². The molecule has 0 radical (unpaired) electrons. The molecule has 1 N–H and O–H groups in total. The van der Waals surface area contributed by atoms with Crippen LogP contribution in [-0.2, 0) is 11.0 Å². The molecule has 214 valence electrons. The van der Waals surface area contributed by atoms with Gasteiger partial charge in [0.1, 0.15) is 0 Å². The fourth-order valence-corrected chi connectivity index (χ4v) is 4.83. The second-order valence-electron chi connectivity index (χ2n) is 8.57. The van der Waals surface area contributed by atoms with Gasteiger partial charge in [0.25, 0.3) is 0 Å². The van der Waals surface area contributed by atoms with Gasteiger partial charge in [-0.15, -0.1) is 0 Å². The molecule has 0 saturated heterocycles. The van der Waals surface area contributed by atoms with Crippen LogP contribution in [-0.4, -0.2) is 30.6 Å². The van der Waals surface area contributed by atoms with Crippen molar-refractivity contribution in [3.63, 3.8) is 0 Å². The zero-order chi connectivity index (χ0) is 29.8. The summed E-state index contributed by atoms with van der Waals surface area (Å²) in [5.41, 5.74) is -2.68. The van der Waals surface area contributed by atoms with Crippen molar-refractivity contribution in [3.05, 3.63) is 73.7 Å². The van der Waals surface area contributed by atoms with E-state index < -0.39 is 72.6 Å². The van der Waals surface area contributed by atoms with E-state index in [1.165, 1.54) is 25.1 Å². The highest BCUT2D eigenvalue weighted by atomic mass is 79.9. The van der Waals surface area contributed by atoms with Crippen molar-refractivity contribution < 1.29 is 49.1 Å². The fourth-order valence-electron chi connectivity index (χ4n) is 3.50. The van der Waals surface area contributed by atoms with Crippen LogP contribution in [0.4, 0.5) is 39.5 Å². The molecule has 2 rings (SSSR count). The highest BCUT2D eigenvalue weighted by Crippen LogP contribution is 2.39. The Kier molecular flexibility index (Phi) is 10.9. The van der Waals surface area contributed by atoms with Gasteiger partial charge in [-0.25, -0.2) is 0 Å². The van der Waals surface area contributed by atoms with Crippen LogP contribution in [0.2, 0.25) is 0 Å². The first-order valence-corrected chi connectivity index (χ1v) is 12.7. The molecule has 0 spiro atoms. The number of hydrogen-bond donors (Lipinski definition) is 1. The average molecular weight is 697 g/mol. The maximum absolute atomic E-state index is 13.8. The van der Waals surface area contributed by atoms with Crippen LogP contribution in [0, 0.1) is 5.92 Å². The summed E-state index contributed by atoms with van der Waals surface area (Å²) < 4.78 is 120. The summed E-state index contributed by atoms with van der Waals surface area (Å²) in [5, 5.41) is 1.97. The fraction of sp³-hybridized carbons (Fsp3) is 0.360. The number of Topliss-reactive ketones (excluding diaryl/α,β-unsaturated/α-hetero) is 1. The molecule has 2 aromatic carbocycles. The highest BCUT2D eigenvalue weighted by molar-refractivity contribution is 9.11. The third kappa shape index (κ3) is 10.3. The Morgan fingerprint density at radius 1 is 0.923 bits per heavy atom. The topological polar surface area (TPSA) is 46.2 Å². The molecule has 0 saturated carbocycles. The monoisotopic (exact) mass is 695 g/mol. The predicted molar refractivity (Wildman–Crippen MR) is 133 cm³/mol. The quantitative estimate of drug-likeness (QED) is 0.210. The maximum Gasteiger partial charge on any atom is 0.417 e. The van der Waals surface area contributed by atoms with Gasteiger partial charge in [0.15, 0.2) is 5.78 Å². The van der Waals surface area contributed by atoms with Gasteiger partial charge >= 0.3 is 18.5 Å². The molecule has 1 unspecified atom stereocenters. The van der Waals surface area contributed by atoms with Gasteiger partial charge < -0.3 is 5.32 Å². The number of alkyl halides is 9. The lowest BCUT2D eigenvalue weighted by Gasteiger charge is -2.18. The van der Waals surface area contributed by atoms with Gasteiger partial charge in [-0.1, -0.05) is 63.1 Å². The first kappa shape index (κ1) is 32.9. The largest absolute Gasteiger partial charge is 0.417 e. The Morgan fingerprint density at radius 2 is 1.51 bits per heavy atom. The molecular formula is C25H20Br2F9NO2. The van der Waals surface area contributed by atoms with E-state index in [1.807, 2.05) is 5.32 Å². The van der Waals surface area contributed by atoms with Gasteiger partial charge in [0, 0.05) is 33.4 Å².